The van der Waals surface area contributed by atoms with Gasteiger partial charge >= 0.3 is 5.97 Å². The predicted octanol–water partition coefficient (Wildman–Crippen LogP) is -0.187. The van der Waals surface area contributed by atoms with Gasteiger partial charge in [0.05, 0.1) is 12.0 Å². The molecule has 1 amide bonds. The Morgan fingerprint density at radius 2 is 2.05 bits per heavy atom. The van der Waals surface area contributed by atoms with Gasteiger partial charge in [-0.3, -0.25) is 14.4 Å². The van der Waals surface area contributed by atoms with Crippen molar-refractivity contribution in [3.05, 3.63) is 34.6 Å². The third kappa shape index (κ3) is 3.46. The molecule has 0 aliphatic carbocycles. The molecule has 0 atom stereocenters. The topological polar surface area (TPSA) is 94.4 Å². The van der Waals surface area contributed by atoms with E-state index in [0.717, 1.165) is 4.68 Å². The van der Waals surface area contributed by atoms with Gasteiger partial charge in [0.2, 0.25) is 5.91 Å². The number of likely N-dealkylation sites (N-methyl/N-ethyl adjacent to an activating group) is 1. The van der Waals surface area contributed by atoms with Crippen LogP contribution < -0.4 is 5.56 Å². The highest BCUT2D eigenvalue weighted by Crippen LogP contribution is 2.03. The molecular formula is C14H16N4O4. The van der Waals surface area contributed by atoms with Gasteiger partial charge in [-0.05, 0) is 19.1 Å². The van der Waals surface area contributed by atoms with Crippen molar-refractivity contribution < 1.29 is 14.3 Å². The Morgan fingerprint density at radius 1 is 1.32 bits per heavy atom. The Hall–Kier alpha value is -2.77. The minimum absolute atomic E-state index is 0.178. The van der Waals surface area contributed by atoms with Crippen molar-refractivity contribution in [1.82, 2.24) is 19.9 Å². The molecule has 0 bridgehead atoms. The van der Waals surface area contributed by atoms with Crippen LogP contribution in [0.3, 0.4) is 0 Å². The normalized spacial score (nSPS) is 10.5. The maximum absolute atomic E-state index is 12.2. The van der Waals surface area contributed by atoms with Crippen molar-refractivity contribution in [3.63, 3.8) is 0 Å². The summed E-state index contributed by atoms with van der Waals surface area (Å²) in [7, 11) is 1.46. The van der Waals surface area contributed by atoms with Crippen LogP contribution in [0.2, 0.25) is 0 Å². The number of hydrogen-bond acceptors (Lipinski definition) is 6. The number of aromatic nitrogens is 3. The van der Waals surface area contributed by atoms with Crippen LogP contribution in [0.5, 0.6) is 0 Å². The zero-order valence-electron chi connectivity index (χ0n) is 12.4. The Kier molecular flexibility index (Phi) is 4.82. The zero-order valence-corrected chi connectivity index (χ0v) is 12.4. The van der Waals surface area contributed by atoms with Crippen LogP contribution in [0.1, 0.15) is 6.92 Å². The predicted molar refractivity (Wildman–Crippen MR) is 78.1 cm³/mol. The second kappa shape index (κ2) is 6.79. The summed E-state index contributed by atoms with van der Waals surface area (Å²) in [4.78, 5) is 36.8. The lowest BCUT2D eigenvalue weighted by Gasteiger charge is -2.16. The van der Waals surface area contributed by atoms with Gasteiger partial charge in [0.15, 0.2) is 0 Å². The fraction of sp³-hybridized carbons (Fsp3) is 0.357. The van der Waals surface area contributed by atoms with Crippen molar-refractivity contribution in [2.24, 2.45) is 0 Å². The molecular weight excluding hydrogens is 288 g/mol. The average Bonchev–Trinajstić information content (AvgIpc) is 2.50. The molecule has 1 heterocycles. The first-order valence-electron chi connectivity index (χ1n) is 6.75. The molecule has 1 aromatic heterocycles. The third-order valence-electron chi connectivity index (χ3n) is 3.01. The lowest BCUT2D eigenvalue weighted by molar-refractivity contribution is -0.148. The number of amides is 1. The van der Waals surface area contributed by atoms with E-state index in [1.165, 1.54) is 11.9 Å². The standard InChI is InChI=1S/C14H16N4O4/c1-3-22-13(20)9-17(2)12(19)8-18-14(21)10-6-4-5-7-11(10)15-16-18/h4-7H,3,8-9H2,1-2H3. The molecule has 2 aromatic rings. The van der Waals surface area contributed by atoms with Gasteiger partial charge < -0.3 is 9.64 Å². The first-order chi connectivity index (χ1) is 10.5. The molecule has 0 unspecified atom stereocenters. The molecule has 116 valence electrons. The lowest BCUT2D eigenvalue weighted by Crippen LogP contribution is -2.38. The summed E-state index contributed by atoms with van der Waals surface area (Å²) >= 11 is 0. The first kappa shape index (κ1) is 15.6. The van der Waals surface area contributed by atoms with E-state index < -0.39 is 17.4 Å². The number of ether oxygens (including phenoxy) is 1. The van der Waals surface area contributed by atoms with E-state index in [2.05, 4.69) is 10.3 Å². The molecule has 2 rings (SSSR count). The van der Waals surface area contributed by atoms with Gasteiger partial charge in [0.1, 0.15) is 18.6 Å². The summed E-state index contributed by atoms with van der Waals surface area (Å²) in [5, 5.41) is 8.02. The van der Waals surface area contributed by atoms with Crippen LogP contribution in [-0.2, 0) is 20.9 Å². The first-order valence-corrected chi connectivity index (χ1v) is 6.75. The molecule has 1 aromatic carbocycles. The number of benzene rings is 1. The Bertz CT molecular complexity index is 756. The molecule has 8 heteroatoms. The molecule has 0 radical (unpaired) electrons. The number of rotatable bonds is 5. The fourth-order valence-corrected chi connectivity index (χ4v) is 1.86. The Morgan fingerprint density at radius 3 is 2.77 bits per heavy atom. The number of carbonyl (C=O) groups excluding carboxylic acids is 2. The summed E-state index contributed by atoms with van der Waals surface area (Å²) in [6, 6.07) is 6.75. The molecule has 0 aliphatic rings. The molecule has 0 saturated carbocycles. The maximum Gasteiger partial charge on any atom is 0.325 e. The van der Waals surface area contributed by atoms with Crippen molar-refractivity contribution in [2.45, 2.75) is 13.5 Å². The van der Waals surface area contributed by atoms with Crippen LogP contribution in [0.25, 0.3) is 10.9 Å². The largest absolute Gasteiger partial charge is 0.465 e. The molecule has 0 spiro atoms. The fourth-order valence-electron chi connectivity index (χ4n) is 1.86. The van der Waals surface area contributed by atoms with Crippen molar-refractivity contribution in [1.29, 1.82) is 0 Å². The summed E-state index contributed by atoms with van der Waals surface area (Å²) in [5.41, 5.74) is 0.0690. The van der Waals surface area contributed by atoms with Crippen LogP contribution in [-0.4, -0.2) is 52.0 Å². The molecule has 8 nitrogen and oxygen atoms in total. The summed E-state index contributed by atoms with van der Waals surface area (Å²) < 4.78 is 5.74. The highest BCUT2D eigenvalue weighted by molar-refractivity contribution is 5.82. The van der Waals surface area contributed by atoms with Gasteiger partial charge in [0, 0.05) is 7.05 Å². The van der Waals surface area contributed by atoms with Crippen LogP contribution >= 0.6 is 0 Å². The van der Waals surface area contributed by atoms with Crippen molar-refractivity contribution in [3.8, 4) is 0 Å². The van der Waals surface area contributed by atoms with E-state index in [0.29, 0.717) is 10.9 Å². The molecule has 0 saturated heterocycles. The second-order valence-corrected chi connectivity index (χ2v) is 4.62. The van der Waals surface area contributed by atoms with E-state index in [4.69, 9.17) is 4.74 Å². The quantitative estimate of drug-likeness (QED) is 0.711. The summed E-state index contributed by atoms with van der Waals surface area (Å²) in [5.74, 6) is -0.935. The number of carbonyl (C=O) groups is 2. The van der Waals surface area contributed by atoms with Crippen molar-refractivity contribution in [2.75, 3.05) is 20.2 Å². The number of hydrogen-bond donors (Lipinski definition) is 0. The molecule has 0 fully saturated rings. The third-order valence-corrected chi connectivity index (χ3v) is 3.01. The SMILES string of the molecule is CCOC(=O)CN(C)C(=O)Cn1nnc2ccccc2c1=O. The maximum atomic E-state index is 12.2. The van der Waals surface area contributed by atoms with E-state index >= 15 is 0 Å². The minimum atomic E-state index is -0.504. The van der Waals surface area contributed by atoms with Gasteiger partial charge in [-0.2, -0.15) is 0 Å². The van der Waals surface area contributed by atoms with Crippen LogP contribution in [0, 0.1) is 0 Å². The van der Waals surface area contributed by atoms with Crippen LogP contribution in [0.15, 0.2) is 29.1 Å². The van der Waals surface area contributed by atoms with Crippen LogP contribution in [0.4, 0.5) is 0 Å². The van der Waals surface area contributed by atoms with Gasteiger partial charge in [0.25, 0.3) is 5.56 Å². The monoisotopic (exact) mass is 304 g/mol. The number of nitrogens with zero attached hydrogens (tertiary/aromatic N) is 4. The second-order valence-electron chi connectivity index (χ2n) is 4.62. The molecule has 22 heavy (non-hydrogen) atoms. The number of fused-ring (bicyclic) bond motifs is 1. The van der Waals surface area contributed by atoms with E-state index in [9.17, 15) is 14.4 Å². The number of esters is 1. The van der Waals surface area contributed by atoms with E-state index in [1.54, 1.807) is 31.2 Å². The molecule has 0 N–H and O–H groups in total. The van der Waals surface area contributed by atoms with E-state index in [1.807, 2.05) is 0 Å². The van der Waals surface area contributed by atoms with E-state index in [-0.39, 0.29) is 19.7 Å². The highest BCUT2D eigenvalue weighted by Gasteiger charge is 2.16. The summed E-state index contributed by atoms with van der Waals surface area (Å²) in [6.07, 6.45) is 0. The van der Waals surface area contributed by atoms with Gasteiger partial charge in [-0.1, -0.05) is 17.3 Å². The zero-order chi connectivity index (χ0) is 16.1. The molecule has 0 aliphatic heterocycles. The minimum Gasteiger partial charge on any atom is -0.465 e. The highest BCUT2D eigenvalue weighted by atomic mass is 16.5. The van der Waals surface area contributed by atoms with Crippen molar-refractivity contribution >= 4 is 22.8 Å². The average molecular weight is 304 g/mol. The Labute approximate surface area is 126 Å². The Balaban J connectivity index is 2.13. The lowest BCUT2D eigenvalue weighted by atomic mass is 10.2. The smallest absolute Gasteiger partial charge is 0.325 e. The van der Waals surface area contributed by atoms with Gasteiger partial charge in [-0.15, -0.1) is 5.10 Å². The summed E-state index contributed by atoms with van der Waals surface area (Å²) in [6.45, 7) is 1.47. The van der Waals surface area contributed by atoms with Gasteiger partial charge in [-0.25, -0.2) is 4.68 Å².